The van der Waals surface area contributed by atoms with Crippen molar-refractivity contribution in [3.63, 3.8) is 0 Å². The summed E-state index contributed by atoms with van der Waals surface area (Å²) in [5, 5.41) is 12.1. The number of nitrogens with one attached hydrogen (secondary N) is 4. The van der Waals surface area contributed by atoms with E-state index in [4.69, 9.17) is 5.73 Å². The monoisotopic (exact) mass is 604 g/mol. The van der Waals surface area contributed by atoms with Crippen molar-refractivity contribution < 1.29 is 24.0 Å². The van der Waals surface area contributed by atoms with E-state index in [1.165, 1.54) is 0 Å². The van der Waals surface area contributed by atoms with E-state index in [2.05, 4.69) is 48.6 Å². The van der Waals surface area contributed by atoms with Crippen LogP contribution in [-0.4, -0.2) is 71.7 Å². The summed E-state index contributed by atoms with van der Waals surface area (Å²) in [6.07, 6.45) is 3.07. The third-order valence-electron chi connectivity index (χ3n) is 8.15. The highest BCUT2D eigenvalue weighted by molar-refractivity contribution is 6.35. The van der Waals surface area contributed by atoms with Gasteiger partial charge in [0.1, 0.15) is 6.04 Å². The number of ketones is 1. The van der Waals surface area contributed by atoms with E-state index in [0.29, 0.717) is 50.4 Å². The number of amides is 5. The van der Waals surface area contributed by atoms with E-state index in [1.54, 1.807) is 0 Å². The van der Waals surface area contributed by atoms with E-state index in [1.807, 2.05) is 39.5 Å². The molecule has 43 heavy (non-hydrogen) atoms. The molecule has 0 aromatic carbocycles. The largest absolute Gasteiger partial charge is 0.384 e. The van der Waals surface area contributed by atoms with Gasteiger partial charge >= 0.3 is 6.03 Å². The first-order valence-corrected chi connectivity index (χ1v) is 15.9. The lowest BCUT2D eigenvalue weighted by Gasteiger charge is -2.35. The summed E-state index contributed by atoms with van der Waals surface area (Å²) in [6, 6.07) is -2.02. The van der Waals surface area contributed by atoms with Crippen molar-refractivity contribution in [3.05, 3.63) is 12.3 Å². The van der Waals surface area contributed by atoms with Crippen molar-refractivity contribution in [1.29, 1.82) is 0 Å². The Morgan fingerprint density at radius 3 is 2.19 bits per heavy atom. The molecule has 1 heterocycles. The molecule has 0 bridgehead atoms. The predicted octanol–water partition coefficient (Wildman–Crippen LogP) is 2.84. The number of Topliss-reactive ketones (excluding diaryl/α,β-unsaturated/α-hetero) is 1. The third-order valence-corrected chi connectivity index (χ3v) is 8.15. The molecule has 6 N–H and O–H groups in total. The highest BCUT2D eigenvalue weighted by Gasteiger charge is 2.56. The van der Waals surface area contributed by atoms with Gasteiger partial charge in [0.05, 0.1) is 6.04 Å². The van der Waals surface area contributed by atoms with Crippen LogP contribution in [0.1, 0.15) is 93.9 Å². The molecule has 1 aliphatic heterocycles. The number of nitrogens with zero attached hydrogens (tertiary/aromatic N) is 1. The minimum absolute atomic E-state index is 0.0342. The van der Waals surface area contributed by atoms with Crippen molar-refractivity contribution in [2.45, 2.75) is 118 Å². The van der Waals surface area contributed by atoms with Gasteiger partial charge in [-0.25, -0.2) is 4.79 Å². The molecule has 1 saturated carbocycles. The molecule has 2 aliphatic rings. The number of nitrogens with two attached hydrogens (primary N) is 1. The van der Waals surface area contributed by atoms with Gasteiger partial charge in [0, 0.05) is 43.7 Å². The molecule has 0 spiro atoms. The topological polar surface area (TPSA) is 163 Å². The Kier molecular flexibility index (Phi) is 13.1. The number of primary amides is 1. The Hall–Kier alpha value is -3.11. The lowest BCUT2D eigenvalue weighted by atomic mass is 9.86. The van der Waals surface area contributed by atoms with Crippen LogP contribution in [0.4, 0.5) is 4.79 Å². The van der Waals surface area contributed by atoms with Gasteiger partial charge in [0.15, 0.2) is 0 Å². The number of carbonyl (C=O) groups is 5. The van der Waals surface area contributed by atoms with Gasteiger partial charge in [-0.05, 0) is 61.7 Å². The van der Waals surface area contributed by atoms with Crippen LogP contribution in [-0.2, 0) is 19.2 Å². The molecule has 244 valence electrons. The second-order valence-corrected chi connectivity index (χ2v) is 14.4. The normalized spacial score (nSPS) is 21.4. The zero-order valence-corrected chi connectivity index (χ0v) is 27.5. The van der Waals surface area contributed by atoms with Crippen LogP contribution >= 0.6 is 0 Å². The summed E-state index contributed by atoms with van der Waals surface area (Å²) >= 11 is 0. The van der Waals surface area contributed by atoms with Gasteiger partial charge in [-0.2, -0.15) is 0 Å². The summed E-state index contributed by atoms with van der Waals surface area (Å²) < 4.78 is 0. The highest BCUT2D eigenvalue weighted by Crippen LogP contribution is 2.51. The second-order valence-electron chi connectivity index (χ2n) is 14.4. The number of piperidine rings is 1. The number of rotatable bonds is 17. The summed E-state index contributed by atoms with van der Waals surface area (Å²) in [4.78, 5) is 64.7. The van der Waals surface area contributed by atoms with Crippen molar-refractivity contribution in [2.75, 3.05) is 13.1 Å². The Labute approximate surface area is 257 Å². The molecule has 11 nitrogen and oxygen atoms in total. The maximum absolute atomic E-state index is 14.0. The van der Waals surface area contributed by atoms with Crippen molar-refractivity contribution in [2.24, 2.45) is 34.8 Å². The molecule has 0 aromatic heterocycles. The first-order chi connectivity index (χ1) is 19.9. The van der Waals surface area contributed by atoms with Gasteiger partial charge in [0.2, 0.25) is 17.6 Å². The molecular weight excluding hydrogens is 548 g/mol. The number of hydrogen-bond acceptors (Lipinski definition) is 6. The average Bonchev–Trinajstić information content (AvgIpc) is 3.52. The summed E-state index contributed by atoms with van der Waals surface area (Å²) in [5.74, 6) is -1.10. The SMILES string of the molecule is C=C(NC(CC(=O)C(N)=O)CC(C)C)C1[C@H]2C[C@H]2CN1C(=O)C(NC(=O)N[C@H](CCC(=O)NCC)CC(C)(C)C)C(C)C. The van der Waals surface area contributed by atoms with Gasteiger partial charge in [-0.1, -0.05) is 55.0 Å². The molecule has 1 saturated heterocycles. The number of likely N-dealkylation sites (tertiary alicyclic amines) is 1. The van der Waals surface area contributed by atoms with Crippen LogP contribution in [0.3, 0.4) is 0 Å². The van der Waals surface area contributed by atoms with Crippen molar-refractivity contribution in [3.8, 4) is 0 Å². The van der Waals surface area contributed by atoms with E-state index in [9.17, 15) is 24.0 Å². The summed E-state index contributed by atoms with van der Waals surface area (Å²) in [7, 11) is 0. The molecule has 1 aliphatic carbocycles. The van der Waals surface area contributed by atoms with Gasteiger partial charge in [-0.15, -0.1) is 0 Å². The number of fused-ring (bicyclic) bond motifs is 1. The van der Waals surface area contributed by atoms with Crippen LogP contribution in [0.2, 0.25) is 0 Å². The fourth-order valence-corrected chi connectivity index (χ4v) is 6.19. The van der Waals surface area contributed by atoms with Gasteiger partial charge < -0.3 is 31.9 Å². The highest BCUT2D eigenvalue weighted by atomic mass is 16.2. The molecule has 6 atom stereocenters. The Balaban J connectivity index is 2.14. The van der Waals surface area contributed by atoms with Gasteiger partial charge in [-0.3, -0.25) is 19.2 Å². The second kappa shape index (κ2) is 15.6. The Morgan fingerprint density at radius 2 is 1.65 bits per heavy atom. The lowest BCUT2D eigenvalue weighted by Crippen LogP contribution is -2.57. The van der Waals surface area contributed by atoms with Crippen LogP contribution in [0.5, 0.6) is 0 Å². The fraction of sp³-hybridized carbons (Fsp3) is 0.781. The van der Waals surface area contributed by atoms with Gasteiger partial charge in [0.25, 0.3) is 5.91 Å². The lowest BCUT2D eigenvalue weighted by molar-refractivity contribution is -0.136. The third kappa shape index (κ3) is 11.5. The quantitative estimate of drug-likeness (QED) is 0.160. The molecule has 0 aromatic rings. The Bertz CT molecular complexity index is 1040. The van der Waals surface area contributed by atoms with Crippen molar-refractivity contribution >= 4 is 29.5 Å². The zero-order chi connectivity index (χ0) is 32.6. The maximum Gasteiger partial charge on any atom is 0.315 e. The van der Waals surface area contributed by atoms with Crippen LogP contribution in [0.15, 0.2) is 12.3 Å². The van der Waals surface area contributed by atoms with E-state index in [-0.39, 0.29) is 59.5 Å². The van der Waals surface area contributed by atoms with E-state index < -0.39 is 23.8 Å². The van der Waals surface area contributed by atoms with Crippen molar-refractivity contribution in [1.82, 2.24) is 26.2 Å². The number of carbonyl (C=O) groups excluding carboxylic acids is 5. The zero-order valence-electron chi connectivity index (χ0n) is 27.5. The summed E-state index contributed by atoms with van der Waals surface area (Å²) in [6.45, 7) is 21.4. The standard InChI is InChI=1S/C32H56N6O5/c1-10-34-26(40)12-11-22(16-32(7,8)9)36-31(43)37-27(19(4)5)30(42)38-17-21-14-24(21)28(38)20(6)35-23(13-18(2)3)15-25(39)29(33)41/h18-19,21-24,27-28,35H,6,10-17H2,1-5,7-9H3,(H2,33,41)(H,34,40)(H2,36,37,43)/t21-,22+,23?,24-,27?,28?/m0/s1. The summed E-state index contributed by atoms with van der Waals surface area (Å²) in [5.41, 5.74) is 5.79. The average molecular weight is 605 g/mol. The maximum atomic E-state index is 14.0. The molecule has 11 heteroatoms. The van der Waals surface area contributed by atoms with Crippen LogP contribution in [0, 0.1) is 29.1 Å². The smallest absolute Gasteiger partial charge is 0.315 e. The number of hydrogen-bond donors (Lipinski definition) is 5. The number of urea groups is 1. The fourth-order valence-electron chi connectivity index (χ4n) is 6.19. The predicted molar refractivity (Wildman–Crippen MR) is 168 cm³/mol. The molecular formula is C32H56N6O5. The molecule has 5 amide bonds. The first kappa shape index (κ1) is 36.1. The molecule has 0 radical (unpaired) electrons. The first-order valence-electron chi connectivity index (χ1n) is 15.9. The van der Waals surface area contributed by atoms with Crippen LogP contribution in [0.25, 0.3) is 0 Å². The molecule has 2 rings (SSSR count). The van der Waals surface area contributed by atoms with E-state index in [0.717, 1.165) is 6.42 Å². The van der Waals surface area contributed by atoms with Crippen LogP contribution < -0.4 is 27.0 Å². The molecule has 2 fully saturated rings. The minimum atomic E-state index is -0.959. The Morgan fingerprint density at radius 1 is 1.00 bits per heavy atom. The molecule has 3 unspecified atom stereocenters. The van der Waals surface area contributed by atoms with E-state index >= 15 is 0 Å². The minimum Gasteiger partial charge on any atom is -0.384 e.